The Balaban J connectivity index is 1.93. The third-order valence-corrected chi connectivity index (χ3v) is 8.93. The molecule has 1 saturated carbocycles. The normalized spacial score (nSPS) is 26.0. The van der Waals surface area contributed by atoms with E-state index in [9.17, 15) is 28.8 Å². The number of rotatable bonds is 10. The molecule has 2 saturated heterocycles. The molecule has 1 aliphatic carbocycles. The van der Waals surface area contributed by atoms with Gasteiger partial charge in [0.2, 0.25) is 17.7 Å². The van der Waals surface area contributed by atoms with Gasteiger partial charge in [0.05, 0.1) is 6.04 Å². The van der Waals surface area contributed by atoms with Gasteiger partial charge in [-0.15, -0.1) is 0 Å². The number of likely N-dealkylation sites (tertiary alicyclic amines) is 1. The largest absolute Gasteiger partial charge is 0.450 e. The van der Waals surface area contributed by atoms with Gasteiger partial charge in [-0.2, -0.15) is 0 Å². The van der Waals surface area contributed by atoms with E-state index in [0.717, 1.165) is 0 Å². The van der Waals surface area contributed by atoms with Crippen molar-refractivity contribution in [2.45, 2.75) is 112 Å². The fourth-order valence-electron chi connectivity index (χ4n) is 6.61. The van der Waals surface area contributed by atoms with Gasteiger partial charge in [0.1, 0.15) is 12.1 Å². The van der Waals surface area contributed by atoms with Crippen LogP contribution in [0.3, 0.4) is 0 Å². The SMILES string of the molecule is CCNC(=O)C(OC(C)=O)C(C[C@@H]1CCNC1=O)NC(=O)[C@@H]1[C@@H]2[C@H](CN1C(=O)C(NC(=O)NC(C)(C)C)C(C)(C)C)C2(C)C. The Hall–Kier alpha value is -3.38. The van der Waals surface area contributed by atoms with Crippen LogP contribution in [0.15, 0.2) is 0 Å². The number of nitrogens with one attached hydrogen (secondary N) is 5. The molecule has 0 bridgehead atoms. The van der Waals surface area contributed by atoms with Crippen LogP contribution in [0.2, 0.25) is 0 Å². The Morgan fingerprint density at radius 3 is 2.20 bits per heavy atom. The Kier molecular flexibility index (Phi) is 10.3. The van der Waals surface area contributed by atoms with E-state index in [1.807, 2.05) is 41.5 Å². The first-order chi connectivity index (χ1) is 20.2. The van der Waals surface area contributed by atoms with E-state index >= 15 is 0 Å². The number of piperidine rings is 1. The van der Waals surface area contributed by atoms with E-state index in [1.165, 1.54) is 11.8 Å². The number of nitrogens with zero attached hydrogens (tertiary/aromatic N) is 1. The first-order valence-corrected chi connectivity index (χ1v) is 15.6. The third kappa shape index (κ3) is 8.01. The van der Waals surface area contributed by atoms with Gasteiger partial charge in [-0.1, -0.05) is 34.6 Å². The maximum Gasteiger partial charge on any atom is 0.315 e. The fraction of sp³-hybridized carbons (Fsp3) is 0.806. The van der Waals surface area contributed by atoms with Crippen molar-refractivity contribution < 1.29 is 33.5 Å². The summed E-state index contributed by atoms with van der Waals surface area (Å²) in [6.07, 6.45) is -0.790. The number of urea groups is 1. The first-order valence-electron chi connectivity index (χ1n) is 15.6. The Morgan fingerprint density at radius 1 is 1.07 bits per heavy atom. The topological polar surface area (TPSA) is 175 Å². The molecule has 6 amide bonds. The van der Waals surface area contributed by atoms with E-state index in [4.69, 9.17) is 4.74 Å². The Bertz CT molecular complexity index is 1160. The zero-order valence-electron chi connectivity index (χ0n) is 27.9. The van der Waals surface area contributed by atoms with E-state index in [-0.39, 0.29) is 42.0 Å². The van der Waals surface area contributed by atoms with Crippen LogP contribution in [0.25, 0.3) is 0 Å². The molecule has 2 heterocycles. The van der Waals surface area contributed by atoms with Crippen LogP contribution in [-0.4, -0.2) is 89.9 Å². The molecule has 5 N–H and O–H groups in total. The average molecular weight is 621 g/mol. The summed E-state index contributed by atoms with van der Waals surface area (Å²) in [4.78, 5) is 80.4. The Labute approximate surface area is 260 Å². The highest BCUT2D eigenvalue weighted by Crippen LogP contribution is 2.65. The molecule has 3 fully saturated rings. The lowest BCUT2D eigenvalue weighted by atomic mass is 9.85. The lowest BCUT2D eigenvalue weighted by molar-refractivity contribution is -0.157. The summed E-state index contributed by atoms with van der Waals surface area (Å²) in [5.74, 6) is -2.93. The number of hydrogen-bond donors (Lipinski definition) is 5. The second-order valence-corrected chi connectivity index (χ2v) is 15.1. The molecule has 13 heteroatoms. The molecule has 0 aromatic carbocycles. The van der Waals surface area contributed by atoms with Crippen molar-refractivity contribution in [3.05, 3.63) is 0 Å². The van der Waals surface area contributed by atoms with Crippen LogP contribution in [0.5, 0.6) is 0 Å². The van der Waals surface area contributed by atoms with Crippen molar-refractivity contribution in [2.24, 2.45) is 28.6 Å². The molecule has 3 rings (SSSR count). The van der Waals surface area contributed by atoms with Crippen LogP contribution in [0.4, 0.5) is 4.79 Å². The number of carbonyl (C=O) groups excluding carboxylic acids is 6. The molecule has 2 aliphatic heterocycles. The van der Waals surface area contributed by atoms with Gasteiger partial charge in [0.25, 0.3) is 5.91 Å². The summed E-state index contributed by atoms with van der Waals surface area (Å²) in [6, 6.07) is -3.31. The molecule has 0 aromatic rings. The van der Waals surface area contributed by atoms with Crippen molar-refractivity contribution in [1.82, 2.24) is 31.5 Å². The second kappa shape index (κ2) is 12.9. The van der Waals surface area contributed by atoms with E-state index in [1.54, 1.807) is 6.92 Å². The zero-order valence-corrected chi connectivity index (χ0v) is 27.9. The molecular weight excluding hydrogens is 568 g/mol. The van der Waals surface area contributed by atoms with Crippen molar-refractivity contribution in [3.8, 4) is 0 Å². The molecular formula is C31H52N6O7. The first kappa shape index (κ1) is 35.1. The summed E-state index contributed by atoms with van der Waals surface area (Å²) in [7, 11) is 0. The number of fused-ring (bicyclic) bond motifs is 1. The number of esters is 1. The Morgan fingerprint density at radius 2 is 1.70 bits per heavy atom. The summed E-state index contributed by atoms with van der Waals surface area (Å²) < 4.78 is 5.42. The number of ether oxygens (including phenoxy) is 1. The minimum absolute atomic E-state index is 0.0675. The minimum atomic E-state index is -1.37. The van der Waals surface area contributed by atoms with E-state index < -0.39 is 64.9 Å². The van der Waals surface area contributed by atoms with E-state index in [0.29, 0.717) is 19.5 Å². The van der Waals surface area contributed by atoms with Crippen molar-refractivity contribution in [2.75, 3.05) is 19.6 Å². The molecule has 3 aliphatic rings. The highest BCUT2D eigenvalue weighted by molar-refractivity contribution is 5.94. The summed E-state index contributed by atoms with van der Waals surface area (Å²) in [6.45, 7) is 19.1. The predicted molar refractivity (Wildman–Crippen MR) is 163 cm³/mol. The van der Waals surface area contributed by atoms with Crippen LogP contribution in [0.1, 0.15) is 82.1 Å². The molecule has 7 atom stereocenters. The lowest BCUT2D eigenvalue weighted by Gasteiger charge is -2.38. The molecule has 0 radical (unpaired) electrons. The van der Waals surface area contributed by atoms with Crippen molar-refractivity contribution >= 4 is 35.6 Å². The highest BCUT2D eigenvalue weighted by atomic mass is 16.5. The van der Waals surface area contributed by atoms with Crippen LogP contribution >= 0.6 is 0 Å². The van der Waals surface area contributed by atoms with Crippen molar-refractivity contribution in [3.63, 3.8) is 0 Å². The van der Waals surface area contributed by atoms with Crippen LogP contribution in [0, 0.1) is 28.6 Å². The van der Waals surface area contributed by atoms with Gasteiger partial charge in [0, 0.05) is 38.0 Å². The van der Waals surface area contributed by atoms with Gasteiger partial charge in [-0.25, -0.2) is 4.79 Å². The quantitative estimate of drug-likeness (QED) is 0.227. The maximum absolute atomic E-state index is 14.2. The number of carbonyl (C=O) groups is 6. The monoisotopic (exact) mass is 620 g/mol. The third-order valence-electron chi connectivity index (χ3n) is 8.93. The highest BCUT2D eigenvalue weighted by Gasteiger charge is 2.70. The molecule has 248 valence electrons. The van der Waals surface area contributed by atoms with Crippen molar-refractivity contribution in [1.29, 1.82) is 0 Å². The number of hydrogen-bond acceptors (Lipinski definition) is 7. The number of likely N-dealkylation sites (N-methyl/N-ethyl adjacent to an activating group) is 1. The van der Waals surface area contributed by atoms with Gasteiger partial charge in [-0.05, 0) is 63.2 Å². The second-order valence-electron chi connectivity index (χ2n) is 15.1. The average Bonchev–Trinajstić information content (AvgIpc) is 3.22. The molecule has 13 nitrogen and oxygen atoms in total. The van der Waals surface area contributed by atoms with Crippen LogP contribution < -0.4 is 26.6 Å². The van der Waals surface area contributed by atoms with Gasteiger partial charge >= 0.3 is 12.0 Å². The summed E-state index contributed by atoms with van der Waals surface area (Å²) in [5, 5.41) is 14.0. The van der Waals surface area contributed by atoms with E-state index in [2.05, 4.69) is 40.4 Å². The van der Waals surface area contributed by atoms with Gasteiger partial charge < -0.3 is 36.2 Å². The summed E-state index contributed by atoms with van der Waals surface area (Å²) >= 11 is 0. The fourth-order valence-corrected chi connectivity index (χ4v) is 6.61. The molecule has 0 spiro atoms. The van der Waals surface area contributed by atoms with Gasteiger partial charge in [-0.3, -0.25) is 24.0 Å². The molecule has 0 aromatic heterocycles. The van der Waals surface area contributed by atoms with Gasteiger partial charge in [0.15, 0.2) is 6.10 Å². The van der Waals surface area contributed by atoms with Crippen LogP contribution in [-0.2, 0) is 28.7 Å². The number of amides is 6. The lowest BCUT2D eigenvalue weighted by Crippen LogP contribution is -2.62. The molecule has 44 heavy (non-hydrogen) atoms. The minimum Gasteiger partial charge on any atom is -0.450 e. The standard InChI is InChI=1S/C31H52N6O7/c1-11-32-26(41)22(44-16(2)38)19(14-17-12-13-33-24(17)39)34-25(40)21-20-18(31(20,9)10)15-37(21)27(42)23(29(3,4)5)35-28(43)36-30(6,7)8/h17-23H,11-15H2,1-10H3,(H,32,41)(H,33,39)(H,34,40)(H2,35,36,43)/t17-,18-,19?,20-,21-,22?,23?/m0/s1. The smallest absolute Gasteiger partial charge is 0.315 e. The summed E-state index contributed by atoms with van der Waals surface area (Å²) in [5.41, 5.74) is -1.40. The predicted octanol–water partition coefficient (Wildman–Crippen LogP) is 1.06. The molecule has 3 unspecified atom stereocenters. The maximum atomic E-state index is 14.2. The zero-order chi connectivity index (χ0) is 33.4.